The highest BCUT2D eigenvalue weighted by atomic mass is 35.5. The van der Waals surface area contributed by atoms with Crippen molar-refractivity contribution in [2.24, 2.45) is 23.7 Å². The lowest BCUT2D eigenvalue weighted by atomic mass is 9.49. The van der Waals surface area contributed by atoms with Gasteiger partial charge in [0.1, 0.15) is 12.4 Å². The fraction of sp³-hybridized carbons (Fsp3) is 0.250. The number of ether oxygens (including phenoxy) is 1. The first-order valence-electron chi connectivity index (χ1n) is 16.6. The molecule has 0 radical (unpaired) electrons. The largest absolute Gasteiger partial charge is 0.491 e. The molecule has 50 heavy (non-hydrogen) atoms. The first kappa shape index (κ1) is 32.4. The Morgan fingerprint density at radius 1 is 0.740 bits per heavy atom. The van der Waals surface area contributed by atoms with Crippen LogP contribution in [0, 0.1) is 23.7 Å². The maximum absolute atomic E-state index is 15.4. The van der Waals surface area contributed by atoms with E-state index in [4.69, 9.17) is 27.9 Å². The fourth-order valence-electron chi connectivity index (χ4n) is 8.94. The van der Waals surface area contributed by atoms with Crippen molar-refractivity contribution in [3.63, 3.8) is 0 Å². The Hall–Kier alpha value is -4.76. The monoisotopic (exact) mass is 706 g/mol. The molecular weight excluding hydrogens is 675 g/mol. The summed E-state index contributed by atoms with van der Waals surface area (Å²) >= 11 is 12.5. The van der Waals surface area contributed by atoms with Crippen LogP contribution in [0.15, 0.2) is 115 Å². The second-order valence-corrected chi connectivity index (χ2v) is 14.1. The van der Waals surface area contributed by atoms with Crippen LogP contribution in [0.1, 0.15) is 29.9 Å². The van der Waals surface area contributed by atoms with Gasteiger partial charge in [-0.25, -0.2) is 4.90 Å². The Labute approximate surface area is 298 Å². The molecule has 1 N–H and O–H groups in total. The zero-order valence-electron chi connectivity index (χ0n) is 26.7. The molecule has 2 aliphatic heterocycles. The van der Waals surface area contributed by atoms with Gasteiger partial charge in [0.15, 0.2) is 0 Å². The molecule has 252 valence electrons. The van der Waals surface area contributed by atoms with Gasteiger partial charge in [0, 0.05) is 21.5 Å². The van der Waals surface area contributed by atoms with E-state index in [2.05, 4.69) is 0 Å². The zero-order chi connectivity index (χ0) is 34.7. The number of halogens is 2. The first-order valence-corrected chi connectivity index (χ1v) is 17.4. The topological polar surface area (TPSA) is 104 Å². The highest BCUT2D eigenvalue weighted by Gasteiger charge is 2.70. The highest BCUT2D eigenvalue weighted by Crippen LogP contribution is 2.65. The summed E-state index contributed by atoms with van der Waals surface area (Å²) in [6, 6.07) is 30.0. The van der Waals surface area contributed by atoms with E-state index in [1.54, 1.807) is 54.6 Å². The number of fused-ring (bicyclic) bond motifs is 4. The van der Waals surface area contributed by atoms with Gasteiger partial charge in [0.2, 0.25) is 23.6 Å². The Morgan fingerprint density at radius 2 is 1.48 bits per heavy atom. The molecule has 6 atom stereocenters. The SMILES string of the molecule is O=C1[C@H]2[C@H](CC=C3[C@H]2C[C@H]2C(=O)N(c4cccc(Cl)c4)C(=O)[C@@]2(c2ccccc2)[C@H]3c2ccccc2OCCO)C(=O)N1c1ccc(Cl)cc1. The number of hydrogen-bond donors (Lipinski definition) is 1. The number of imide groups is 2. The lowest BCUT2D eigenvalue weighted by Gasteiger charge is -2.51. The predicted molar refractivity (Wildman–Crippen MR) is 189 cm³/mol. The minimum atomic E-state index is -1.43. The van der Waals surface area contributed by atoms with E-state index in [0.29, 0.717) is 38.3 Å². The van der Waals surface area contributed by atoms with E-state index >= 15 is 4.79 Å². The van der Waals surface area contributed by atoms with Crippen LogP contribution in [0.5, 0.6) is 5.75 Å². The third kappa shape index (κ3) is 4.77. The number of amides is 4. The van der Waals surface area contributed by atoms with Crippen molar-refractivity contribution < 1.29 is 29.0 Å². The number of benzene rings is 4. The average molecular weight is 708 g/mol. The van der Waals surface area contributed by atoms with Gasteiger partial charge in [-0.3, -0.25) is 24.1 Å². The van der Waals surface area contributed by atoms with Gasteiger partial charge in [-0.15, -0.1) is 0 Å². The van der Waals surface area contributed by atoms with Crippen LogP contribution in [0.25, 0.3) is 0 Å². The van der Waals surface area contributed by atoms with Crippen LogP contribution in [0.3, 0.4) is 0 Å². The number of aliphatic hydroxyl groups is 1. The summed E-state index contributed by atoms with van der Waals surface area (Å²) in [7, 11) is 0. The molecule has 2 aliphatic carbocycles. The van der Waals surface area contributed by atoms with E-state index in [0.717, 1.165) is 5.57 Å². The number of carbonyl (C=O) groups excluding carboxylic acids is 4. The molecule has 4 aromatic carbocycles. The number of allylic oxidation sites excluding steroid dienone is 2. The van der Waals surface area contributed by atoms with Crippen LogP contribution in [-0.2, 0) is 24.6 Å². The van der Waals surface area contributed by atoms with Gasteiger partial charge >= 0.3 is 0 Å². The van der Waals surface area contributed by atoms with Crippen LogP contribution in [-0.4, -0.2) is 41.9 Å². The quantitative estimate of drug-likeness (QED) is 0.169. The molecule has 4 amide bonds. The molecule has 8 rings (SSSR count). The first-order chi connectivity index (χ1) is 24.3. The van der Waals surface area contributed by atoms with E-state index in [-0.39, 0.29) is 37.9 Å². The summed E-state index contributed by atoms with van der Waals surface area (Å²) in [4.78, 5) is 61.2. The number of rotatable bonds is 7. The molecule has 2 saturated heterocycles. The van der Waals surface area contributed by atoms with Crippen molar-refractivity contribution in [1.82, 2.24) is 0 Å². The summed E-state index contributed by atoms with van der Waals surface area (Å²) in [6.45, 7) is -0.207. The predicted octanol–water partition coefficient (Wildman–Crippen LogP) is 6.73. The molecule has 4 aliphatic rings. The molecule has 8 nitrogen and oxygen atoms in total. The molecule has 4 aromatic rings. The standard InChI is InChI=1S/C40H32Cl2N2O6/c41-24-13-15-26(16-14-24)43-36(46)30-18-17-28-31(34(30)38(43)48)22-32-37(47)44(27-10-6-9-25(42)21-27)39(49)40(32,23-7-2-1-3-8-23)35(28)29-11-4-5-12-33(29)50-20-19-45/h1-17,21,30-32,34-35,45H,18-20,22H2/t30-,31+,32-,34-,35+,40+/m0/s1. The van der Waals surface area contributed by atoms with Crippen LogP contribution in [0.2, 0.25) is 10.0 Å². The molecule has 0 bridgehead atoms. The normalized spacial score (nSPS) is 27.2. The smallest absolute Gasteiger partial charge is 0.246 e. The van der Waals surface area contributed by atoms with Gasteiger partial charge in [-0.05, 0) is 72.9 Å². The molecule has 10 heteroatoms. The van der Waals surface area contributed by atoms with Crippen molar-refractivity contribution in [2.45, 2.75) is 24.2 Å². The van der Waals surface area contributed by atoms with Gasteiger partial charge < -0.3 is 9.84 Å². The second-order valence-electron chi connectivity index (χ2n) is 13.2. The average Bonchev–Trinajstić information content (AvgIpc) is 3.52. The molecule has 0 aromatic heterocycles. The Balaban J connectivity index is 1.36. The number of anilines is 2. The zero-order valence-corrected chi connectivity index (χ0v) is 28.3. The number of hydrogen-bond acceptors (Lipinski definition) is 6. The van der Waals surface area contributed by atoms with Gasteiger partial charge in [0.25, 0.3) is 0 Å². The molecule has 0 unspecified atom stereocenters. The van der Waals surface area contributed by atoms with E-state index in [1.165, 1.54) is 9.80 Å². The number of para-hydroxylation sites is 1. The van der Waals surface area contributed by atoms with Crippen LogP contribution < -0.4 is 14.5 Å². The van der Waals surface area contributed by atoms with Gasteiger partial charge in [0.05, 0.1) is 41.2 Å². The van der Waals surface area contributed by atoms with Crippen molar-refractivity contribution >= 4 is 58.2 Å². The maximum Gasteiger partial charge on any atom is 0.246 e. The minimum Gasteiger partial charge on any atom is -0.491 e. The Bertz CT molecular complexity index is 2070. The summed E-state index contributed by atoms with van der Waals surface area (Å²) in [5.41, 5.74) is 1.50. The maximum atomic E-state index is 15.4. The molecule has 3 fully saturated rings. The number of nitrogens with zero attached hydrogens (tertiary/aromatic N) is 2. The summed E-state index contributed by atoms with van der Waals surface area (Å²) in [5, 5.41) is 10.6. The summed E-state index contributed by atoms with van der Waals surface area (Å²) in [6.07, 6.45) is 2.47. The van der Waals surface area contributed by atoms with Crippen LogP contribution >= 0.6 is 23.2 Å². The lowest BCUT2D eigenvalue weighted by molar-refractivity contribution is -0.127. The highest BCUT2D eigenvalue weighted by molar-refractivity contribution is 6.32. The molecule has 2 heterocycles. The lowest BCUT2D eigenvalue weighted by Crippen LogP contribution is -2.53. The summed E-state index contributed by atoms with van der Waals surface area (Å²) in [5.74, 6) is -4.53. The summed E-state index contributed by atoms with van der Waals surface area (Å²) < 4.78 is 6.10. The van der Waals surface area contributed by atoms with Crippen LogP contribution in [0.4, 0.5) is 11.4 Å². The Morgan fingerprint density at radius 3 is 2.22 bits per heavy atom. The fourth-order valence-corrected chi connectivity index (χ4v) is 9.25. The van der Waals surface area contributed by atoms with Crippen molar-refractivity contribution in [3.8, 4) is 5.75 Å². The van der Waals surface area contributed by atoms with Gasteiger partial charge in [-0.1, -0.05) is 89.4 Å². The molecule has 1 saturated carbocycles. The molecule has 0 spiro atoms. The minimum absolute atomic E-state index is 0.0171. The van der Waals surface area contributed by atoms with Gasteiger partial charge in [-0.2, -0.15) is 0 Å². The van der Waals surface area contributed by atoms with E-state index in [1.807, 2.05) is 54.6 Å². The van der Waals surface area contributed by atoms with E-state index < -0.39 is 46.8 Å². The second kappa shape index (κ2) is 12.5. The Kier molecular flexibility index (Phi) is 8.13. The number of aliphatic hydroxyl groups excluding tert-OH is 1. The number of carbonyl (C=O) groups is 4. The van der Waals surface area contributed by atoms with Crippen molar-refractivity contribution in [1.29, 1.82) is 0 Å². The van der Waals surface area contributed by atoms with Crippen molar-refractivity contribution in [2.75, 3.05) is 23.0 Å². The van der Waals surface area contributed by atoms with Crippen molar-refractivity contribution in [3.05, 3.63) is 136 Å². The third-order valence-electron chi connectivity index (χ3n) is 10.8. The van der Waals surface area contributed by atoms with E-state index in [9.17, 15) is 19.5 Å². The molecular formula is C40H32Cl2N2O6. The third-order valence-corrected chi connectivity index (χ3v) is 11.3.